The maximum Gasteiger partial charge on any atom is 0.335 e. The first-order valence-electron chi connectivity index (χ1n) is 9.27. The van der Waals surface area contributed by atoms with Crippen LogP contribution in [-0.2, 0) is 0 Å². The molecule has 0 fully saturated rings. The molecule has 0 radical (unpaired) electrons. The van der Waals surface area contributed by atoms with E-state index in [9.17, 15) is 9.59 Å². The second-order valence-corrected chi connectivity index (χ2v) is 6.43. The van der Waals surface area contributed by atoms with Gasteiger partial charge in [-0.3, -0.25) is 0 Å². The van der Waals surface area contributed by atoms with Crippen molar-refractivity contribution in [3.8, 4) is 0 Å². The lowest BCUT2D eigenvalue weighted by atomic mass is 10.1. The Morgan fingerprint density at radius 2 is 1.08 bits per heavy atom. The molecule has 0 spiro atoms. The lowest BCUT2D eigenvalue weighted by molar-refractivity contribution is -0.928. The molecule has 1 rings (SSSR count). The quantitative estimate of drug-likeness (QED) is 0.607. The van der Waals surface area contributed by atoms with Crippen molar-refractivity contribution >= 4 is 11.9 Å². The minimum absolute atomic E-state index is 0.0186. The van der Waals surface area contributed by atoms with Crippen molar-refractivity contribution in [2.45, 2.75) is 53.4 Å². The zero-order chi connectivity index (χ0) is 19.3. The molecule has 0 saturated carbocycles. The van der Waals surface area contributed by atoms with Crippen molar-refractivity contribution < 1.29 is 24.3 Å². The summed E-state index contributed by atoms with van der Waals surface area (Å²) in [6, 6.07) is 5.20. The molecule has 0 aliphatic carbocycles. The third kappa shape index (κ3) is 8.68. The molecule has 5 heteroatoms. The molecule has 0 heterocycles. The molecule has 5 nitrogen and oxygen atoms in total. The van der Waals surface area contributed by atoms with E-state index < -0.39 is 11.9 Å². The van der Waals surface area contributed by atoms with Gasteiger partial charge in [-0.25, -0.2) is 9.59 Å². The Bertz CT molecular complexity index is 469. The molecule has 25 heavy (non-hydrogen) atoms. The minimum atomic E-state index is -1.13. The SMILES string of the molecule is CCC[N+](CCC)(CCC)CCC.O=C(O)c1cccc(C(=O)O)c1. The van der Waals surface area contributed by atoms with E-state index in [0.29, 0.717) is 0 Å². The molecule has 0 aliphatic heterocycles. The fraction of sp³-hybridized carbons (Fsp3) is 0.600. The van der Waals surface area contributed by atoms with Crippen molar-refractivity contribution in [2.75, 3.05) is 26.2 Å². The summed E-state index contributed by atoms with van der Waals surface area (Å²) in [4.78, 5) is 20.8. The third-order valence-corrected chi connectivity index (χ3v) is 4.15. The Hall–Kier alpha value is -1.88. The summed E-state index contributed by atoms with van der Waals surface area (Å²) in [6.45, 7) is 14.8. The number of nitrogens with zero attached hydrogens (tertiary/aromatic N) is 1. The molecule has 0 bridgehead atoms. The maximum atomic E-state index is 10.4. The first-order chi connectivity index (χ1) is 11.9. The summed E-state index contributed by atoms with van der Waals surface area (Å²) in [5.74, 6) is -2.25. The van der Waals surface area contributed by atoms with E-state index in [-0.39, 0.29) is 11.1 Å². The molecule has 0 amide bonds. The molecule has 0 unspecified atom stereocenters. The normalized spacial score (nSPS) is 10.7. The highest BCUT2D eigenvalue weighted by molar-refractivity contribution is 5.93. The Labute approximate surface area is 151 Å². The molecule has 0 atom stereocenters. The number of quaternary nitrogens is 1. The van der Waals surface area contributed by atoms with Gasteiger partial charge < -0.3 is 14.7 Å². The lowest BCUT2D eigenvalue weighted by Crippen LogP contribution is -2.50. The fourth-order valence-electron chi connectivity index (χ4n) is 3.35. The first kappa shape index (κ1) is 23.1. The van der Waals surface area contributed by atoms with E-state index >= 15 is 0 Å². The molecular weight excluding hydrogens is 318 g/mol. The molecule has 0 saturated heterocycles. The van der Waals surface area contributed by atoms with Crippen LogP contribution in [-0.4, -0.2) is 52.8 Å². The van der Waals surface area contributed by atoms with E-state index in [4.69, 9.17) is 10.2 Å². The number of rotatable bonds is 10. The summed E-state index contributed by atoms with van der Waals surface area (Å²) in [6.07, 6.45) is 5.33. The van der Waals surface area contributed by atoms with Crippen LogP contribution in [0.5, 0.6) is 0 Å². The number of carboxylic acid groups (broad SMARTS) is 2. The molecular formula is C20H34NO4+. The second-order valence-electron chi connectivity index (χ2n) is 6.43. The molecule has 1 aromatic carbocycles. The Morgan fingerprint density at radius 3 is 1.32 bits per heavy atom. The van der Waals surface area contributed by atoms with Crippen LogP contribution in [0.2, 0.25) is 0 Å². The van der Waals surface area contributed by atoms with Gasteiger partial charge >= 0.3 is 11.9 Å². The predicted octanol–water partition coefficient (Wildman–Crippen LogP) is 4.53. The van der Waals surface area contributed by atoms with Gasteiger partial charge in [0.05, 0.1) is 37.3 Å². The van der Waals surface area contributed by atoms with Crippen LogP contribution in [0.4, 0.5) is 0 Å². The smallest absolute Gasteiger partial charge is 0.335 e. The Balaban J connectivity index is 0.000000462. The van der Waals surface area contributed by atoms with Gasteiger partial charge in [-0.05, 0) is 43.9 Å². The van der Waals surface area contributed by atoms with Crippen molar-refractivity contribution in [3.63, 3.8) is 0 Å². The average Bonchev–Trinajstić information content (AvgIpc) is 2.56. The van der Waals surface area contributed by atoms with E-state index in [2.05, 4.69) is 27.7 Å². The summed E-state index contributed by atoms with van der Waals surface area (Å²) in [7, 11) is 0. The number of carbonyl (C=O) groups is 2. The van der Waals surface area contributed by atoms with E-state index in [1.54, 1.807) is 0 Å². The lowest BCUT2D eigenvalue weighted by Gasteiger charge is -2.38. The largest absolute Gasteiger partial charge is 0.478 e. The standard InChI is InChI=1S/C12H28N.C8H6O4/c1-5-9-13(10-6-2,11-7-3)12-8-4;9-7(10)5-2-1-3-6(4-5)8(11)12/h5-12H2,1-4H3;1-4H,(H,9,10)(H,11,12)/q+1;. The van der Waals surface area contributed by atoms with Gasteiger partial charge in [0.25, 0.3) is 0 Å². The van der Waals surface area contributed by atoms with Crippen LogP contribution in [0.25, 0.3) is 0 Å². The van der Waals surface area contributed by atoms with E-state index in [1.807, 2.05) is 0 Å². The van der Waals surface area contributed by atoms with Crippen LogP contribution in [0, 0.1) is 0 Å². The van der Waals surface area contributed by atoms with Gasteiger partial charge in [-0.15, -0.1) is 0 Å². The van der Waals surface area contributed by atoms with E-state index in [0.717, 1.165) is 6.07 Å². The number of hydrogen-bond donors (Lipinski definition) is 2. The molecule has 1 aromatic rings. The zero-order valence-electron chi connectivity index (χ0n) is 16.1. The van der Waals surface area contributed by atoms with Crippen LogP contribution in [0.3, 0.4) is 0 Å². The summed E-state index contributed by atoms with van der Waals surface area (Å²) < 4.78 is 1.38. The number of benzene rings is 1. The van der Waals surface area contributed by atoms with Gasteiger partial charge in [0.1, 0.15) is 0 Å². The van der Waals surface area contributed by atoms with Crippen LogP contribution < -0.4 is 0 Å². The highest BCUT2D eigenvalue weighted by atomic mass is 16.4. The summed E-state index contributed by atoms with van der Waals surface area (Å²) in [5, 5.41) is 17.0. The van der Waals surface area contributed by atoms with Crippen LogP contribution >= 0.6 is 0 Å². The van der Waals surface area contributed by atoms with Crippen LogP contribution in [0.1, 0.15) is 74.1 Å². The van der Waals surface area contributed by atoms with Gasteiger partial charge in [0.2, 0.25) is 0 Å². The predicted molar refractivity (Wildman–Crippen MR) is 101 cm³/mol. The van der Waals surface area contributed by atoms with Gasteiger partial charge in [0, 0.05) is 0 Å². The summed E-state index contributed by atoms with van der Waals surface area (Å²) >= 11 is 0. The number of hydrogen-bond acceptors (Lipinski definition) is 2. The minimum Gasteiger partial charge on any atom is -0.478 e. The third-order valence-electron chi connectivity index (χ3n) is 4.15. The molecule has 0 aromatic heterocycles. The molecule has 142 valence electrons. The van der Waals surface area contributed by atoms with Crippen molar-refractivity contribution in [2.24, 2.45) is 0 Å². The molecule has 2 N–H and O–H groups in total. The number of aromatic carboxylic acids is 2. The fourth-order valence-corrected chi connectivity index (χ4v) is 3.35. The zero-order valence-corrected chi connectivity index (χ0v) is 16.1. The van der Waals surface area contributed by atoms with Gasteiger partial charge in [0.15, 0.2) is 0 Å². The molecule has 0 aliphatic rings. The first-order valence-corrected chi connectivity index (χ1v) is 9.27. The Morgan fingerprint density at radius 1 is 0.760 bits per heavy atom. The van der Waals surface area contributed by atoms with Crippen molar-refractivity contribution in [1.29, 1.82) is 0 Å². The monoisotopic (exact) mass is 352 g/mol. The highest BCUT2D eigenvalue weighted by Crippen LogP contribution is 2.12. The van der Waals surface area contributed by atoms with E-state index in [1.165, 1.54) is 74.5 Å². The van der Waals surface area contributed by atoms with Gasteiger partial charge in [-0.2, -0.15) is 0 Å². The average molecular weight is 352 g/mol. The van der Waals surface area contributed by atoms with Gasteiger partial charge in [-0.1, -0.05) is 33.8 Å². The topological polar surface area (TPSA) is 74.6 Å². The second kappa shape index (κ2) is 12.5. The van der Waals surface area contributed by atoms with Crippen LogP contribution in [0.15, 0.2) is 24.3 Å². The highest BCUT2D eigenvalue weighted by Gasteiger charge is 2.22. The van der Waals surface area contributed by atoms with Crippen molar-refractivity contribution in [3.05, 3.63) is 35.4 Å². The summed E-state index contributed by atoms with van der Waals surface area (Å²) in [5.41, 5.74) is -0.0372. The maximum absolute atomic E-state index is 10.4. The number of carboxylic acids is 2. The Kier molecular flexibility index (Phi) is 11.5. The van der Waals surface area contributed by atoms with Crippen molar-refractivity contribution in [1.82, 2.24) is 0 Å².